The van der Waals surface area contributed by atoms with E-state index in [2.05, 4.69) is 0 Å². The molecule has 0 radical (unpaired) electrons. The lowest BCUT2D eigenvalue weighted by Gasteiger charge is -2.05. The predicted octanol–water partition coefficient (Wildman–Crippen LogP) is 4.45. The van der Waals surface area contributed by atoms with E-state index in [0.717, 1.165) is 38.3 Å². The highest BCUT2D eigenvalue weighted by Crippen LogP contribution is 2.43. The molecule has 0 saturated heterocycles. The molecule has 1 aliphatic carbocycles. The van der Waals surface area contributed by atoms with Crippen LogP contribution in [0.4, 0.5) is 4.39 Å². The lowest BCUT2D eigenvalue weighted by Crippen LogP contribution is -2.01. The molecule has 1 atom stereocenters. The maximum absolute atomic E-state index is 13.8. The summed E-state index contributed by atoms with van der Waals surface area (Å²) in [5, 5.41) is 0. The van der Waals surface area contributed by atoms with Crippen molar-refractivity contribution in [3.8, 4) is 0 Å². The van der Waals surface area contributed by atoms with Gasteiger partial charge in [-0.25, -0.2) is 4.39 Å². The van der Waals surface area contributed by atoms with Gasteiger partial charge in [0.05, 0.1) is 13.5 Å². The van der Waals surface area contributed by atoms with Crippen LogP contribution < -0.4 is 0 Å². The summed E-state index contributed by atoms with van der Waals surface area (Å²) in [6.07, 6.45) is 3.74. The molecule has 5 heteroatoms. The number of halogens is 1. The molecular weight excluding hydrogens is 351 g/mol. The van der Waals surface area contributed by atoms with Gasteiger partial charge in [-0.15, -0.1) is 0 Å². The van der Waals surface area contributed by atoms with Gasteiger partial charge in [0.25, 0.3) is 0 Å². The van der Waals surface area contributed by atoms with E-state index in [0.29, 0.717) is 0 Å². The van der Waals surface area contributed by atoms with Gasteiger partial charge >= 0.3 is 5.97 Å². The third kappa shape index (κ3) is 3.53. The Balaban J connectivity index is 2.09. The summed E-state index contributed by atoms with van der Waals surface area (Å²) < 4.78 is 30.2. The quantitative estimate of drug-likeness (QED) is 0.747. The third-order valence-electron chi connectivity index (χ3n) is 4.53. The minimum atomic E-state index is -1.03. The Morgan fingerprint density at radius 3 is 2.46 bits per heavy atom. The summed E-state index contributed by atoms with van der Waals surface area (Å²) in [5.41, 5.74) is 5.20. The number of rotatable bonds is 4. The fourth-order valence-corrected chi connectivity index (χ4v) is 3.64. The van der Waals surface area contributed by atoms with E-state index in [1.807, 2.05) is 37.3 Å². The molecule has 3 nitrogen and oxygen atoms in total. The first-order chi connectivity index (χ1) is 12.4. The number of allylic oxidation sites excluding steroid dienone is 2. The predicted molar refractivity (Wildman–Crippen MR) is 102 cm³/mol. The smallest absolute Gasteiger partial charge is 0.310 e. The normalized spacial score (nSPS) is 15.9. The molecule has 0 aliphatic heterocycles. The molecular formula is C21H19FO3S. The van der Waals surface area contributed by atoms with Gasteiger partial charge in [-0.3, -0.25) is 9.00 Å². The molecule has 2 aromatic carbocycles. The number of carbonyl (C=O) groups is 1. The fourth-order valence-electron chi connectivity index (χ4n) is 3.12. The first-order valence-corrected chi connectivity index (χ1v) is 9.69. The van der Waals surface area contributed by atoms with Crippen LogP contribution in [0.25, 0.3) is 17.2 Å². The highest BCUT2D eigenvalue weighted by Gasteiger charge is 2.25. The van der Waals surface area contributed by atoms with Crippen LogP contribution in [0, 0.1) is 5.82 Å². The Morgan fingerprint density at radius 2 is 1.85 bits per heavy atom. The Kier molecular flexibility index (Phi) is 5.18. The highest BCUT2D eigenvalue weighted by atomic mass is 32.2. The molecule has 0 heterocycles. The van der Waals surface area contributed by atoms with Crippen LogP contribution in [-0.2, 0) is 20.3 Å². The average molecular weight is 370 g/mol. The zero-order valence-electron chi connectivity index (χ0n) is 14.8. The van der Waals surface area contributed by atoms with Gasteiger partial charge in [0.2, 0.25) is 0 Å². The minimum absolute atomic E-state index is 0.145. The molecule has 0 saturated carbocycles. The van der Waals surface area contributed by atoms with E-state index in [9.17, 15) is 13.4 Å². The Morgan fingerprint density at radius 1 is 1.15 bits per heavy atom. The summed E-state index contributed by atoms with van der Waals surface area (Å²) >= 11 is 0. The molecule has 0 amide bonds. The van der Waals surface area contributed by atoms with E-state index in [4.69, 9.17) is 4.74 Å². The molecule has 0 fully saturated rings. The van der Waals surface area contributed by atoms with Crippen LogP contribution in [-0.4, -0.2) is 23.5 Å². The Labute approximate surface area is 154 Å². The van der Waals surface area contributed by atoms with Gasteiger partial charge in [-0.1, -0.05) is 18.2 Å². The van der Waals surface area contributed by atoms with Crippen molar-refractivity contribution in [2.75, 3.05) is 13.4 Å². The lowest BCUT2D eigenvalue weighted by molar-refractivity contribution is -0.139. The second-order valence-electron chi connectivity index (χ2n) is 6.13. The zero-order valence-corrected chi connectivity index (χ0v) is 15.7. The third-order valence-corrected chi connectivity index (χ3v) is 5.46. The van der Waals surface area contributed by atoms with E-state index < -0.39 is 10.8 Å². The van der Waals surface area contributed by atoms with Crippen LogP contribution in [0.15, 0.2) is 52.9 Å². The molecule has 3 rings (SSSR count). The van der Waals surface area contributed by atoms with Gasteiger partial charge in [0.1, 0.15) is 5.82 Å². The van der Waals surface area contributed by atoms with E-state index >= 15 is 0 Å². The van der Waals surface area contributed by atoms with E-state index in [1.165, 1.54) is 19.2 Å². The monoisotopic (exact) mass is 370 g/mol. The molecule has 1 unspecified atom stereocenters. The van der Waals surface area contributed by atoms with Gasteiger partial charge in [-0.2, -0.15) is 0 Å². The molecule has 2 aromatic rings. The summed E-state index contributed by atoms with van der Waals surface area (Å²) in [6.45, 7) is 1.93. The maximum Gasteiger partial charge on any atom is 0.310 e. The van der Waals surface area contributed by atoms with Crippen molar-refractivity contribution >= 4 is 34.0 Å². The first-order valence-electron chi connectivity index (χ1n) is 8.13. The van der Waals surface area contributed by atoms with Crippen LogP contribution in [0.3, 0.4) is 0 Å². The molecule has 1 aliphatic rings. The van der Waals surface area contributed by atoms with Gasteiger partial charge < -0.3 is 4.74 Å². The van der Waals surface area contributed by atoms with Crippen molar-refractivity contribution in [2.45, 2.75) is 18.2 Å². The van der Waals surface area contributed by atoms with Crippen LogP contribution in [0.1, 0.15) is 30.0 Å². The summed E-state index contributed by atoms with van der Waals surface area (Å²) in [7, 11) is 0.324. The number of hydrogen-bond donors (Lipinski definition) is 0. The summed E-state index contributed by atoms with van der Waals surface area (Å²) in [5.74, 6) is -0.649. The summed E-state index contributed by atoms with van der Waals surface area (Å²) in [4.78, 5) is 12.5. The zero-order chi connectivity index (χ0) is 18.8. The number of fused-ring (bicyclic) bond motifs is 1. The Hall–Kier alpha value is -2.53. The van der Waals surface area contributed by atoms with Crippen molar-refractivity contribution in [1.82, 2.24) is 0 Å². The standard InChI is InChI=1S/C21H19FO3S/c1-13-18(10-14-4-7-16(8-5-14)26(3)24)20-11-15(22)6-9-17(20)19(13)12-21(23)25-2/h4-11H,12H2,1-3H3/b18-10-. The topological polar surface area (TPSA) is 43.4 Å². The van der Waals surface area contributed by atoms with Crippen LogP contribution in [0.2, 0.25) is 0 Å². The number of esters is 1. The van der Waals surface area contributed by atoms with Crippen LogP contribution >= 0.6 is 0 Å². The minimum Gasteiger partial charge on any atom is -0.469 e. The van der Waals surface area contributed by atoms with Gasteiger partial charge in [0, 0.05) is 22.0 Å². The fraction of sp³-hybridized carbons (Fsp3) is 0.190. The average Bonchev–Trinajstić information content (AvgIpc) is 2.87. The number of ether oxygens (including phenoxy) is 1. The molecule has 134 valence electrons. The second kappa shape index (κ2) is 7.38. The molecule has 0 bridgehead atoms. The van der Waals surface area contributed by atoms with Crippen molar-refractivity contribution in [2.24, 2.45) is 0 Å². The van der Waals surface area contributed by atoms with Crippen molar-refractivity contribution < 1.29 is 18.1 Å². The number of benzene rings is 2. The number of hydrogen-bond acceptors (Lipinski definition) is 3. The second-order valence-corrected chi connectivity index (χ2v) is 7.51. The number of methoxy groups -OCH3 is 1. The first kappa shape index (κ1) is 18.3. The SMILES string of the molecule is COC(=O)CC1=C(C)/C(=C/c2ccc(S(C)=O)cc2)c2cc(F)ccc21. The van der Waals surface area contributed by atoms with Crippen molar-refractivity contribution in [1.29, 1.82) is 0 Å². The van der Waals surface area contributed by atoms with Gasteiger partial charge in [0.15, 0.2) is 0 Å². The van der Waals surface area contributed by atoms with Crippen molar-refractivity contribution in [3.05, 3.63) is 70.5 Å². The highest BCUT2D eigenvalue weighted by molar-refractivity contribution is 7.84. The maximum atomic E-state index is 13.8. The van der Waals surface area contributed by atoms with Crippen molar-refractivity contribution in [3.63, 3.8) is 0 Å². The number of carbonyl (C=O) groups excluding carboxylic acids is 1. The molecule has 0 aromatic heterocycles. The Bertz CT molecular complexity index is 956. The van der Waals surface area contributed by atoms with E-state index in [1.54, 1.807) is 12.3 Å². The lowest BCUT2D eigenvalue weighted by atomic mass is 10.0. The van der Waals surface area contributed by atoms with Gasteiger partial charge in [-0.05, 0) is 70.7 Å². The molecule has 0 N–H and O–H groups in total. The van der Waals surface area contributed by atoms with E-state index in [-0.39, 0.29) is 18.2 Å². The molecule has 0 spiro atoms. The molecule has 26 heavy (non-hydrogen) atoms. The summed E-state index contributed by atoms with van der Waals surface area (Å²) in [6, 6.07) is 12.0. The largest absolute Gasteiger partial charge is 0.469 e. The van der Waals surface area contributed by atoms with Crippen LogP contribution in [0.5, 0.6) is 0 Å².